The van der Waals surface area contributed by atoms with Crippen molar-refractivity contribution < 1.29 is 19.1 Å². The zero-order valence-electron chi connectivity index (χ0n) is 12.4. The number of rotatable bonds is 6. The maximum Gasteiger partial charge on any atom is 0.263 e. The van der Waals surface area contributed by atoms with Gasteiger partial charge in [0.1, 0.15) is 17.6 Å². The first-order valence-corrected chi connectivity index (χ1v) is 7.20. The molecular weight excluding hydrogens is 306 g/mol. The minimum Gasteiger partial charge on any atom is -0.478 e. The number of carbonyl (C=O) groups is 1. The summed E-state index contributed by atoms with van der Waals surface area (Å²) in [5.41, 5.74) is -1.10. The number of furan rings is 1. The Morgan fingerprint density at radius 3 is 2.82 bits per heavy atom. The SMILES string of the molecule is CC(C)(Oc1cccc(Cl)c1)C(=O)NCC(O)c1ccco1. The van der Waals surface area contributed by atoms with Crippen LogP contribution in [0.15, 0.2) is 47.1 Å². The van der Waals surface area contributed by atoms with E-state index in [1.807, 2.05) is 0 Å². The highest BCUT2D eigenvalue weighted by Crippen LogP contribution is 2.22. The molecule has 22 heavy (non-hydrogen) atoms. The zero-order chi connectivity index (χ0) is 16.2. The van der Waals surface area contributed by atoms with Crippen LogP contribution in [0.5, 0.6) is 5.75 Å². The molecule has 0 saturated heterocycles. The molecule has 118 valence electrons. The molecule has 5 nitrogen and oxygen atoms in total. The van der Waals surface area contributed by atoms with Gasteiger partial charge in [0.15, 0.2) is 5.60 Å². The van der Waals surface area contributed by atoms with Crippen molar-refractivity contribution in [3.63, 3.8) is 0 Å². The van der Waals surface area contributed by atoms with Gasteiger partial charge >= 0.3 is 0 Å². The Kier molecular flexibility index (Phi) is 5.11. The number of halogens is 1. The average molecular weight is 324 g/mol. The van der Waals surface area contributed by atoms with Crippen molar-refractivity contribution in [1.82, 2.24) is 5.32 Å². The second-order valence-electron chi connectivity index (χ2n) is 5.31. The fraction of sp³-hybridized carbons (Fsp3) is 0.312. The molecule has 1 unspecified atom stereocenters. The van der Waals surface area contributed by atoms with E-state index in [0.29, 0.717) is 16.5 Å². The van der Waals surface area contributed by atoms with Crippen molar-refractivity contribution in [1.29, 1.82) is 0 Å². The van der Waals surface area contributed by atoms with Crippen molar-refractivity contribution in [2.24, 2.45) is 0 Å². The molecule has 1 atom stereocenters. The normalized spacial score (nSPS) is 12.7. The molecular formula is C16H18ClNO4. The lowest BCUT2D eigenvalue weighted by atomic mass is 10.1. The highest BCUT2D eigenvalue weighted by atomic mass is 35.5. The molecule has 0 radical (unpaired) electrons. The Labute approximate surface area is 133 Å². The summed E-state index contributed by atoms with van der Waals surface area (Å²) in [4.78, 5) is 12.2. The maximum absolute atomic E-state index is 12.2. The molecule has 2 N–H and O–H groups in total. The molecule has 1 amide bonds. The van der Waals surface area contributed by atoms with Gasteiger partial charge in [-0.25, -0.2) is 0 Å². The van der Waals surface area contributed by atoms with Crippen LogP contribution in [-0.4, -0.2) is 23.2 Å². The number of benzene rings is 1. The van der Waals surface area contributed by atoms with Crippen molar-refractivity contribution in [2.45, 2.75) is 25.6 Å². The lowest BCUT2D eigenvalue weighted by Crippen LogP contribution is -2.47. The van der Waals surface area contributed by atoms with Crippen molar-refractivity contribution >= 4 is 17.5 Å². The van der Waals surface area contributed by atoms with E-state index in [9.17, 15) is 9.90 Å². The molecule has 1 aromatic heterocycles. The highest BCUT2D eigenvalue weighted by molar-refractivity contribution is 6.30. The van der Waals surface area contributed by atoms with Crippen LogP contribution in [0.1, 0.15) is 25.7 Å². The van der Waals surface area contributed by atoms with Gasteiger partial charge in [-0.15, -0.1) is 0 Å². The molecule has 0 aliphatic rings. The third-order valence-electron chi connectivity index (χ3n) is 3.04. The van der Waals surface area contributed by atoms with E-state index in [2.05, 4.69) is 5.32 Å². The monoisotopic (exact) mass is 323 g/mol. The summed E-state index contributed by atoms with van der Waals surface area (Å²) < 4.78 is 10.7. The summed E-state index contributed by atoms with van der Waals surface area (Å²) in [5.74, 6) is 0.547. The minimum atomic E-state index is -1.10. The van der Waals surface area contributed by atoms with Crippen LogP contribution in [-0.2, 0) is 4.79 Å². The fourth-order valence-electron chi connectivity index (χ4n) is 1.86. The number of hydrogen-bond donors (Lipinski definition) is 2. The average Bonchev–Trinajstić information content (AvgIpc) is 2.98. The van der Waals surface area contributed by atoms with E-state index in [1.165, 1.54) is 6.26 Å². The van der Waals surface area contributed by atoms with Gasteiger partial charge in [-0.2, -0.15) is 0 Å². The summed E-state index contributed by atoms with van der Waals surface area (Å²) in [5, 5.41) is 13.1. The zero-order valence-corrected chi connectivity index (χ0v) is 13.1. The standard InChI is InChI=1S/C16H18ClNO4/c1-16(2,22-12-6-3-5-11(17)9-12)15(20)18-10-13(19)14-7-4-8-21-14/h3-9,13,19H,10H2,1-2H3,(H,18,20). The van der Waals surface area contributed by atoms with Gasteiger partial charge in [0.05, 0.1) is 12.8 Å². The first-order chi connectivity index (χ1) is 10.4. The van der Waals surface area contributed by atoms with Crippen molar-refractivity contribution in [3.8, 4) is 5.75 Å². The van der Waals surface area contributed by atoms with Gasteiger partial charge in [-0.1, -0.05) is 17.7 Å². The Hall–Kier alpha value is -1.98. The lowest BCUT2D eigenvalue weighted by molar-refractivity contribution is -0.134. The molecule has 1 heterocycles. The first kappa shape index (κ1) is 16.4. The molecule has 6 heteroatoms. The summed E-state index contributed by atoms with van der Waals surface area (Å²) >= 11 is 5.89. The fourth-order valence-corrected chi connectivity index (χ4v) is 2.04. The molecule has 0 fully saturated rings. The molecule has 0 aliphatic carbocycles. The van der Waals surface area contributed by atoms with Gasteiger partial charge in [-0.05, 0) is 44.2 Å². The minimum absolute atomic E-state index is 0.0364. The van der Waals surface area contributed by atoms with E-state index in [1.54, 1.807) is 50.2 Å². The van der Waals surface area contributed by atoms with Gasteiger partial charge in [-0.3, -0.25) is 4.79 Å². The van der Waals surface area contributed by atoms with E-state index in [4.69, 9.17) is 20.8 Å². The number of ether oxygens (including phenoxy) is 1. The largest absolute Gasteiger partial charge is 0.478 e. The van der Waals surface area contributed by atoms with Gasteiger partial charge < -0.3 is 19.6 Å². The van der Waals surface area contributed by atoms with Crippen LogP contribution < -0.4 is 10.1 Å². The van der Waals surface area contributed by atoms with Gasteiger partial charge in [0.25, 0.3) is 5.91 Å². The topological polar surface area (TPSA) is 71.7 Å². The Morgan fingerprint density at radius 1 is 1.41 bits per heavy atom. The Bertz CT molecular complexity index is 625. The summed E-state index contributed by atoms with van der Waals surface area (Å²) in [6.45, 7) is 3.32. The molecule has 0 aliphatic heterocycles. The second-order valence-corrected chi connectivity index (χ2v) is 5.75. The van der Waals surface area contributed by atoms with Gasteiger partial charge in [0.2, 0.25) is 0 Å². The molecule has 0 spiro atoms. The molecule has 2 aromatic rings. The number of hydrogen-bond acceptors (Lipinski definition) is 4. The number of amides is 1. The van der Waals surface area contributed by atoms with Crippen LogP contribution in [0, 0.1) is 0 Å². The maximum atomic E-state index is 12.2. The second kappa shape index (κ2) is 6.85. The van der Waals surface area contributed by atoms with Crippen LogP contribution in [0.4, 0.5) is 0 Å². The Balaban J connectivity index is 1.92. The Morgan fingerprint density at radius 2 is 2.18 bits per heavy atom. The predicted molar refractivity (Wildman–Crippen MR) is 82.8 cm³/mol. The van der Waals surface area contributed by atoms with E-state index in [-0.39, 0.29) is 12.5 Å². The number of aliphatic hydroxyl groups excluding tert-OH is 1. The summed E-state index contributed by atoms with van der Waals surface area (Å²) in [6, 6.07) is 10.1. The van der Waals surface area contributed by atoms with Crippen LogP contribution >= 0.6 is 11.6 Å². The smallest absolute Gasteiger partial charge is 0.263 e. The number of carbonyl (C=O) groups excluding carboxylic acids is 1. The van der Waals surface area contributed by atoms with Crippen LogP contribution in [0.2, 0.25) is 5.02 Å². The molecule has 1 aromatic carbocycles. The first-order valence-electron chi connectivity index (χ1n) is 6.83. The molecule has 2 rings (SSSR count). The summed E-state index contributed by atoms with van der Waals surface area (Å²) in [6.07, 6.45) is 0.563. The number of aliphatic hydroxyl groups is 1. The highest BCUT2D eigenvalue weighted by Gasteiger charge is 2.30. The third kappa shape index (κ3) is 4.26. The summed E-state index contributed by atoms with van der Waals surface area (Å²) in [7, 11) is 0. The van der Waals surface area contributed by atoms with E-state index < -0.39 is 11.7 Å². The van der Waals surface area contributed by atoms with Crippen molar-refractivity contribution in [2.75, 3.05) is 6.54 Å². The molecule has 0 saturated carbocycles. The number of nitrogens with one attached hydrogen (secondary N) is 1. The van der Waals surface area contributed by atoms with E-state index >= 15 is 0 Å². The van der Waals surface area contributed by atoms with E-state index in [0.717, 1.165) is 0 Å². The molecule has 0 bridgehead atoms. The third-order valence-corrected chi connectivity index (χ3v) is 3.28. The van der Waals surface area contributed by atoms with Crippen LogP contribution in [0.25, 0.3) is 0 Å². The predicted octanol–water partition coefficient (Wildman–Crippen LogP) is 2.94. The van der Waals surface area contributed by atoms with Crippen LogP contribution in [0.3, 0.4) is 0 Å². The van der Waals surface area contributed by atoms with Gasteiger partial charge in [0, 0.05) is 5.02 Å². The quantitative estimate of drug-likeness (QED) is 0.857. The lowest BCUT2D eigenvalue weighted by Gasteiger charge is -2.25. The van der Waals surface area contributed by atoms with Crippen molar-refractivity contribution in [3.05, 3.63) is 53.4 Å².